The number of aryl methyl sites for hydroxylation is 1. The summed E-state index contributed by atoms with van der Waals surface area (Å²) in [5.74, 6) is 0.789. The van der Waals surface area contributed by atoms with Gasteiger partial charge in [-0.1, -0.05) is 18.9 Å². The summed E-state index contributed by atoms with van der Waals surface area (Å²) >= 11 is 0. The second-order valence-electron chi connectivity index (χ2n) is 10.1. The van der Waals surface area contributed by atoms with Gasteiger partial charge in [0, 0.05) is 25.3 Å². The first kappa shape index (κ1) is 26.8. The van der Waals surface area contributed by atoms with E-state index >= 15 is 0 Å². The number of nitrogens with zero attached hydrogens (tertiary/aromatic N) is 3. The topological polar surface area (TPSA) is 56.6 Å². The average molecular weight is 514 g/mol. The van der Waals surface area contributed by atoms with Crippen LogP contribution in [0.1, 0.15) is 72.4 Å². The Morgan fingerprint density at radius 1 is 1.14 bits per heavy atom. The van der Waals surface area contributed by atoms with E-state index in [1.54, 1.807) is 6.07 Å². The summed E-state index contributed by atoms with van der Waals surface area (Å²) in [7, 11) is 1.28. The fourth-order valence-electron chi connectivity index (χ4n) is 5.30. The van der Waals surface area contributed by atoms with Gasteiger partial charge in [-0.2, -0.15) is 18.4 Å². The molecule has 37 heavy (non-hydrogen) atoms. The number of ether oxygens (including phenoxy) is 1. The number of hydrogen-bond acceptors (Lipinski definition) is 4. The van der Waals surface area contributed by atoms with Crippen LogP contribution in [0, 0.1) is 17.2 Å². The molecule has 0 heterocycles. The lowest BCUT2D eigenvalue weighted by atomic mass is 9.86. The molecule has 0 aliphatic heterocycles. The van der Waals surface area contributed by atoms with E-state index in [4.69, 9.17) is 4.74 Å². The molecule has 1 amide bonds. The third-order valence-electron chi connectivity index (χ3n) is 7.46. The Kier molecular flexibility index (Phi) is 8.31. The molecule has 1 fully saturated rings. The lowest BCUT2D eigenvalue weighted by Crippen LogP contribution is -2.33. The largest absolute Gasteiger partial charge is 0.453 e. The maximum Gasteiger partial charge on any atom is 0.416 e. The molecule has 2 aromatic rings. The fourth-order valence-corrected chi connectivity index (χ4v) is 5.30. The van der Waals surface area contributed by atoms with Crippen molar-refractivity contribution in [1.29, 1.82) is 5.26 Å². The number of benzene rings is 2. The zero-order valence-electron chi connectivity index (χ0n) is 21.5. The zero-order chi connectivity index (χ0) is 26.6. The SMILES string of the molecule is CCN(CCC1CC1)c1ccc2c(c1CN(Cc1cc(C#N)cc(C(F)(F)F)c1)C(=O)OC)CCCC2. The van der Waals surface area contributed by atoms with Crippen molar-refractivity contribution < 1.29 is 22.7 Å². The van der Waals surface area contributed by atoms with Crippen molar-refractivity contribution in [1.82, 2.24) is 4.90 Å². The van der Waals surface area contributed by atoms with E-state index in [1.807, 2.05) is 0 Å². The summed E-state index contributed by atoms with van der Waals surface area (Å²) in [6.07, 6.45) is 2.57. The first-order valence-corrected chi connectivity index (χ1v) is 13.1. The summed E-state index contributed by atoms with van der Waals surface area (Å²) in [6, 6.07) is 9.38. The molecule has 1 saturated carbocycles. The number of fused-ring (bicyclic) bond motifs is 1. The molecule has 0 bridgehead atoms. The van der Waals surface area contributed by atoms with Gasteiger partial charge >= 0.3 is 12.3 Å². The quantitative estimate of drug-likeness (QED) is 0.368. The van der Waals surface area contributed by atoms with Gasteiger partial charge in [0.1, 0.15) is 0 Å². The summed E-state index contributed by atoms with van der Waals surface area (Å²) in [6.45, 7) is 4.02. The van der Waals surface area contributed by atoms with Crippen LogP contribution in [0.5, 0.6) is 0 Å². The molecule has 0 spiro atoms. The van der Waals surface area contributed by atoms with E-state index in [0.717, 1.165) is 74.5 Å². The second kappa shape index (κ2) is 11.5. The number of nitriles is 1. The smallest absolute Gasteiger partial charge is 0.416 e. The van der Waals surface area contributed by atoms with Gasteiger partial charge in [0.05, 0.1) is 30.9 Å². The lowest BCUT2D eigenvalue weighted by Gasteiger charge is -2.32. The van der Waals surface area contributed by atoms with E-state index in [-0.39, 0.29) is 24.2 Å². The van der Waals surface area contributed by atoms with Crippen molar-refractivity contribution in [3.63, 3.8) is 0 Å². The van der Waals surface area contributed by atoms with E-state index in [1.165, 1.54) is 42.0 Å². The molecule has 0 unspecified atom stereocenters. The van der Waals surface area contributed by atoms with Gasteiger partial charge in [-0.05, 0) is 91.5 Å². The Labute approximate surface area is 216 Å². The van der Waals surface area contributed by atoms with E-state index < -0.39 is 17.8 Å². The minimum Gasteiger partial charge on any atom is -0.453 e. The Hall–Kier alpha value is -3.21. The molecule has 2 aliphatic carbocycles. The van der Waals surface area contributed by atoms with Crippen molar-refractivity contribution in [3.05, 3.63) is 63.7 Å². The molecular formula is C29H34F3N3O2. The summed E-state index contributed by atoms with van der Waals surface area (Å²) < 4.78 is 45.5. The molecule has 0 radical (unpaired) electrons. The second-order valence-corrected chi connectivity index (χ2v) is 10.1. The highest BCUT2D eigenvalue weighted by Crippen LogP contribution is 2.37. The third kappa shape index (κ3) is 6.57. The van der Waals surface area contributed by atoms with Crippen LogP contribution in [0.25, 0.3) is 0 Å². The van der Waals surface area contributed by atoms with Crippen LogP contribution in [0.2, 0.25) is 0 Å². The summed E-state index contributed by atoms with van der Waals surface area (Å²) in [5, 5.41) is 9.30. The van der Waals surface area contributed by atoms with Crippen LogP contribution in [0.4, 0.5) is 23.7 Å². The van der Waals surface area contributed by atoms with Crippen LogP contribution >= 0.6 is 0 Å². The normalized spacial score (nSPS) is 15.0. The van der Waals surface area contributed by atoms with Gasteiger partial charge < -0.3 is 9.64 Å². The number of amides is 1. The predicted molar refractivity (Wildman–Crippen MR) is 136 cm³/mol. The lowest BCUT2D eigenvalue weighted by molar-refractivity contribution is -0.137. The van der Waals surface area contributed by atoms with E-state index in [9.17, 15) is 23.2 Å². The van der Waals surface area contributed by atoms with Crippen LogP contribution in [0.15, 0.2) is 30.3 Å². The molecule has 2 aromatic carbocycles. The Morgan fingerprint density at radius 2 is 1.89 bits per heavy atom. The number of halogens is 3. The summed E-state index contributed by atoms with van der Waals surface area (Å²) in [4.78, 5) is 16.7. The van der Waals surface area contributed by atoms with Crippen molar-refractivity contribution >= 4 is 11.8 Å². The fraction of sp³-hybridized carbons (Fsp3) is 0.517. The van der Waals surface area contributed by atoms with Gasteiger partial charge in [0.15, 0.2) is 0 Å². The number of rotatable bonds is 9. The maximum absolute atomic E-state index is 13.5. The van der Waals surface area contributed by atoms with Crippen molar-refractivity contribution in [2.24, 2.45) is 5.92 Å². The van der Waals surface area contributed by atoms with Crippen LogP contribution in [-0.2, 0) is 36.8 Å². The van der Waals surface area contributed by atoms with Crippen LogP contribution in [-0.4, -0.2) is 31.2 Å². The van der Waals surface area contributed by atoms with Crippen molar-refractivity contribution in [2.45, 2.75) is 71.1 Å². The molecule has 2 aliphatic rings. The molecule has 198 valence electrons. The number of methoxy groups -OCH3 is 1. The molecule has 0 aromatic heterocycles. The zero-order valence-corrected chi connectivity index (χ0v) is 21.5. The number of alkyl halides is 3. The Bertz CT molecular complexity index is 1170. The minimum absolute atomic E-state index is 0.0929. The number of carbonyl (C=O) groups is 1. The molecule has 5 nitrogen and oxygen atoms in total. The molecule has 0 N–H and O–H groups in total. The van der Waals surface area contributed by atoms with Crippen LogP contribution < -0.4 is 4.90 Å². The predicted octanol–water partition coefficient (Wildman–Crippen LogP) is 6.85. The van der Waals surface area contributed by atoms with Crippen molar-refractivity contribution in [3.8, 4) is 6.07 Å². The Morgan fingerprint density at radius 3 is 2.54 bits per heavy atom. The van der Waals surface area contributed by atoms with Gasteiger partial charge in [-0.15, -0.1) is 0 Å². The molecule has 8 heteroatoms. The number of anilines is 1. The van der Waals surface area contributed by atoms with Gasteiger partial charge in [-0.25, -0.2) is 4.79 Å². The monoisotopic (exact) mass is 513 g/mol. The van der Waals surface area contributed by atoms with E-state index in [2.05, 4.69) is 24.0 Å². The highest BCUT2D eigenvalue weighted by atomic mass is 19.4. The van der Waals surface area contributed by atoms with Crippen LogP contribution in [0.3, 0.4) is 0 Å². The number of hydrogen-bond donors (Lipinski definition) is 0. The highest BCUT2D eigenvalue weighted by Gasteiger charge is 2.32. The first-order chi connectivity index (χ1) is 17.7. The first-order valence-electron chi connectivity index (χ1n) is 13.1. The number of carbonyl (C=O) groups excluding carboxylic acids is 1. The maximum atomic E-state index is 13.5. The molecular weight excluding hydrogens is 479 g/mol. The van der Waals surface area contributed by atoms with Gasteiger partial charge in [0.2, 0.25) is 0 Å². The highest BCUT2D eigenvalue weighted by molar-refractivity contribution is 5.69. The molecule has 0 saturated heterocycles. The minimum atomic E-state index is -4.59. The molecule has 4 rings (SSSR count). The van der Waals surface area contributed by atoms with Gasteiger partial charge in [-0.3, -0.25) is 4.90 Å². The van der Waals surface area contributed by atoms with E-state index in [0.29, 0.717) is 0 Å². The third-order valence-corrected chi connectivity index (χ3v) is 7.46. The van der Waals surface area contributed by atoms with Gasteiger partial charge in [0.25, 0.3) is 0 Å². The summed E-state index contributed by atoms with van der Waals surface area (Å²) in [5.41, 5.74) is 3.89. The van der Waals surface area contributed by atoms with Crippen molar-refractivity contribution in [2.75, 3.05) is 25.1 Å². The molecule has 0 atom stereocenters. The average Bonchev–Trinajstić information content (AvgIpc) is 3.72. The standard InChI is InChI=1S/C29H34F3N3O2/c1-3-34(13-12-20-8-9-20)27-11-10-23-6-4-5-7-25(23)26(27)19-35(28(36)37-2)18-22-14-21(17-33)15-24(16-22)29(30,31)32/h10-11,14-16,20H,3-9,12-13,18-19H2,1-2H3. The Balaban J connectivity index is 1.70.